The number of nitrogens with zero attached hydrogens (tertiary/aromatic N) is 1. The van der Waals surface area contributed by atoms with Crippen LogP contribution < -0.4 is 0 Å². The number of carbonyl (C=O) groups is 2. The first-order valence-corrected chi connectivity index (χ1v) is 11.4. The largest absolute Gasteiger partial charge is 0.464 e. The zero-order valence-electron chi connectivity index (χ0n) is 16.6. The Morgan fingerprint density at radius 3 is 2.59 bits per heavy atom. The predicted octanol–water partition coefficient (Wildman–Crippen LogP) is 5.26. The molecule has 1 aliphatic rings. The van der Waals surface area contributed by atoms with Gasteiger partial charge >= 0.3 is 5.97 Å². The van der Waals surface area contributed by atoms with Gasteiger partial charge in [0, 0.05) is 22.8 Å². The number of carbonyl (C=O) groups excluding carboxylic acids is 2. The second kappa shape index (κ2) is 10.7. The molecule has 1 aliphatic heterocycles. The van der Waals surface area contributed by atoms with Gasteiger partial charge in [-0.1, -0.05) is 73.5 Å². The molecule has 1 amide bonds. The second-order valence-corrected chi connectivity index (χ2v) is 8.55. The van der Waals surface area contributed by atoms with Crippen molar-refractivity contribution in [1.29, 1.82) is 0 Å². The van der Waals surface area contributed by atoms with E-state index in [1.807, 2.05) is 61.5 Å². The lowest BCUT2D eigenvalue weighted by Crippen LogP contribution is -2.44. The molecule has 0 saturated carbocycles. The standard InChI is InChI=1S/C23H26ClNO3S/c1-2-3-15-28-23(27)20-16-29-22(18-11-7-8-12-19(18)24)25(20)21(26)14-13-17-9-5-4-6-10-17/h4-12,20,22H,2-3,13-16H2,1H3. The highest BCUT2D eigenvalue weighted by molar-refractivity contribution is 7.99. The van der Waals surface area contributed by atoms with Crippen molar-refractivity contribution in [2.24, 2.45) is 0 Å². The van der Waals surface area contributed by atoms with E-state index >= 15 is 0 Å². The Kier molecular flexibility index (Phi) is 8.01. The number of rotatable bonds is 8. The van der Waals surface area contributed by atoms with Crippen LogP contribution >= 0.6 is 23.4 Å². The van der Waals surface area contributed by atoms with Crippen molar-refractivity contribution in [3.05, 3.63) is 70.7 Å². The number of ether oxygens (including phenoxy) is 1. The Bertz CT molecular complexity index is 830. The van der Waals surface area contributed by atoms with Gasteiger partial charge in [0.15, 0.2) is 0 Å². The summed E-state index contributed by atoms with van der Waals surface area (Å²) in [6.07, 6.45) is 2.74. The minimum absolute atomic E-state index is 0.0544. The maximum Gasteiger partial charge on any atom is 0.329 e. The number of halogens is 1. The van der Waals surface area contributed by atoms with Crippen LogP contribution in [0.15, 0.2) is 54.6 Å². The highest BCUT2D eigenvalue weighted by atomic mass is 35.5. The third-order valence-corrected chi connectivity index (χ3v) is 6.59. The third-order valence-electron chi connectivity index (χ3n) is 4.94. The lowest BCUT2D eigenvalue weighted by Gasteiger charge is -2.29. The molecule has 4 nitrogen and oxygen atoms in total. The summed E-state index contributed by atoms with van der Waals surface area (Å²) >= 11 is 7.97. The Labute approximate surface area is 181 Å². The minimum atomic E-state index is -0.582. The predicted molar refractivity (Wildman–Crippen MR) is 118 cm³/mol. The van der Waals surface area contributed by atoms with E-state index in [0.29, 0.717) is 30.2 Å². The van der Waals surface area contributed by atoms with Crippen LogP contribution in [0.1, 0.15) is 42.7 Å². The Hall–Kier alpha value is -1.98. The van der Waals surface area contributed by atoms with Gasteiger partial charge in [0.1, 0.15) is 11.4 Å². The Morgan fingerprint density at radius 1 is 1.14 bits per heavy atom. The van der Waals surface area contributed by atoms with E-state index in [9.17, 15) is 9.59 Å². The molecule has 0 aromatic heterocycles. The smallest absolute Gasteiger partial charge is 0.329 e. The first-order valence-electron chi connectivity index (χ1n) is 9.99. The van der Waals surface area contributed by atoms with Gasteiger partial charge in [0.05, 0.1) is 6.61 Å². The number of hydrogen-bond donors (Lipinski definition) is 0. The van der Waals surface area contributed by atoms with Crippen LogP contribution in [0.5, 0.6) is 0 Å². The van der Waals surface area contributed by atoms with Crippen LogP contribution in [0, 0.1) is 0 Å². The van der Waals surface area contributed by atoms with Gasteiger partial charge in [-0.3, -0.25) is 4.79 Å². The molecule has 1 fully saturated rings. The summed E-state index contributed by atoms with van der Waals surface area (Å²) in [7, 11) is 0. The summed E-state index contributed by atoms with van der Waals surface area (Å²) in [5.74, 6) is 0.132. The van der Waals surface area contributed by atoms with Crippen molar-refractivity contribution in [1.82, 2.24) is 4.90 Å². The van der Waals surface area contributed by atoms with Gasteiger partial charge in [-0.2, -0.15) is 0 Å². The highest BCUT2D eigenvalue weighted by Gasteiger charge is 2.43. The number of unbranched alkanes of at least 4 members (excludes halogenated alkanes) is 1. The maximum atomic E-state index is 13.2. The summed E-state index contributed by atoms with van der Waals surface area (Å²) in [5, 5.41) is 0.321. The normalized spacial score (nSPS) is 18.6. The molecule has 1 saturated heterocycles. The van der Waals surface area contributed by atoms with Crippen LogP contribution in [-0.2, 0) is 20.7 Å². The molecule has 1 heterocycles. The van der Waals surface area contributed by atoms with Crippen LogP contribution in [-0.4, -0.2) is 35.2 Å². The van der Waals surface area contributed by atoms with E-state index in [1.165, 1.54) is 0 Å². The number of amides is 1. The topological polar surface area (TPSA) is 46.6 Å². The maximum absolute atomic E-state index is 13.2. The van der Waals surface area contributed by atoms with Crippen molar-refractivity contribution >= 4 is 35.2 Å². The lowest BCUT2D eigenvalue weighted by molar-refractivity contribution is -0.154. The molecule has 3 rings (SSSR count). The molecule has 29 heavy (non-hydrogen) atoms. The van der Waals surface area contributed by atoms with Crippen molar-refractivity contribution < 1.29 is 14.3 Å². The van der Waals surface area contributed by atoms with Crippen molar-refractivity contribution in [3.63, 3.8) is 0 Å². The molecule has 0 N–H and O–H groups in total. The monoisotopic (exact) mass is 431 g/mol. The molecule has 2 aromatic rings. The van der Waals surface area contributed by atoms with Crippen LogP contribution in [0.4, 0.5) is 0 Å². The Balaban J connectivity index is 1.78. The molecular weight excluding hydrogens is 406 g/mol. The zero-order chi connectivity index (χ0) is 20.6. The molecule has 0 aliphatic carbocycles. The molecule has 2 unspecified atom stereocenters. The average molecular weight is 432 g/mol. The Morgan fingerprint density at radius 2 is 1.86 bits per heavy atom. The van der Waals surface area contributed by atoms with Crippen molar-refractivity contribution in [2.75, 3.05) is 12.4 Å². The molecule has 154 valence electrons. The van der Waals surface area contributed by atoms with Crippen LogP contribution in [0.3, 0.4) is 0 Å². The van der Waals surface area contributed by atoms with E-state index in [0.717, 1.165) is 24.0 Å². The van der Waals surface area contributed by atoms with Crippen LogP contribution in [0.2, 0.25) is 5.02 Å². The fourth-order valence-corrected chi connectivity index (χ4v) is 5.12. The van der Waals surface area contributed by atoms with E-state index in [1.54, 1.807) is 16.7 Å². The average Bonchev–Trinajstić information content (AvgIpc) is 3.18. The number of benzene rings is 2. The highest BCUT2D eigenvalue weighted by Crippen LogP contribution is 2.44. The summed E-state index contributed by atoms with van der Waals surface area (Å²) in [6.45, 7) is 2.44. The SMILES string of the molecule is CCCCOC(=O)C1CSC(c2ccccc2Cl)N1C(=O)CCc1ccccc1. The van der Waals surface area contributed by atoms with E-state index in [2.05, 4.69) is 0 Å². The lowest BCUT2D eigenvalue weighted by atomic mass is 10.1. The molecule has 2 atom stereocenters. The number of hydrogen-bond acceptors (Lipinski definition) is 4. The molecule has 2 aromatic carbocycles. The van der Waals surface area contributed by atoms with Gasteiger partial charge in [0.2, 0.25) is 5.91 Å². The number of aryl methyl sites for hydroxylation is 1. The van der Waals surface area contributed by atoms with E-state index < -0.39 is 6.04 Å². The van der Waals surface area contributed by atoms with E-state index in [4.69, 9.17) is 16.3 Å². The first kappa shape index (κ1) is 21.7. The molecule has 0 radical (unpaired) electrons. The fraction of sp³-hybridized carbons (Fsp3) is 0.391. The molecular formula is C23H26ClNO3S. The molecule has 0 bridgehead atoms. The molecule has 6 heteroatoms. The molecule has 0 spiro atoms. The first-order chi connectivity index (χ1) is 14.1. The van der Waals surface area contributed by atoms with Gasteiger partial charge in [-0.25, -0.2) is 4.79 Å². The second-order valence-electron chi connectivity index (χ2n) is 7.03. The van der Waals surface area contributed by atoms with Gasteiger partial charge in [-0.05, 0) is 24.5 Å². The van der Waals surface area contributed by atoms with Crippen LogP contribution in [0.25, 0.3) is 0 Å². The summed E-state index contributed by atoms with van der Waals surface area (Å²) in [6, 6.07) is 16.8. The quantitative estimate of drug-likeness (QED) is 0.422. The summed E-state index contributed by atoms with van der Waals surface area (Å²) < 4.78 is 5.44. The van der Waals surface area contributed by atoms with Crippen molar-refractivity contribution in [3.8, 4) is 0 Å². The fourth-order valence-electron chi connectivity index (χ4n) is 3.35. The third kappa shape index (κ3) is 5.55. The zero-order valence-corrected chi connectivity index (χ0v) is 18.1. The number of thioether (sulfide) groups is 1. The minimum Gasteiger partial charge on any atom is -0.464 e. The van der Waals surface area contributed by atoms with Gasteiger partial charge < -0.3 is 9.64 Å². The van der Waals surface area contributed by atoms with Gasteiger partial charge in [0.25, 0.3) is 0 Å². The number of esters is 1. The van der Waals surface area contributed by atoms with Crippen molar-refractivity contribution in [2.45, 2.75) is 44.0 Å². The summed E-state index contributed by atoms with van der Waals surface area (Å²) in [4.78, 5) is 27.6. The summed E-state index contributed by atoms with van der Waals surface area (Å²) in [5.41, 5.74) is 1.96. The van der Waals surface area contributed by atoms with E-state index in [-0.39, 0.29) is 17.3 Å². The van der Waals surface area contributed by atoms with Gasteiger partial charge in [-0.15, -0.1) is 11.8 Å².